The van der Waals surface area contributed by atoms with Gasteiger partial charge in [-0.15, -0.1) is 0 Å². The number of aryl methyl sites for hydroxylation is 1. The lowest BCUT2D eigenvalue weighted by Gasteiger charge is -2.23. The van der Waals surface area contributed by atoms with E-state index in [9.17, 15) is 9.18 Å². The van der Waals surface area contributed by atoms with Crippen molar-refractivity contribution in [1.82, 2.24) is 20.5 Å². The zero-order valence-corrected chi connectivity index (χ0v) is 14.1. The molecule has 2 aromatic heterocycles. The second-order valence-electron chi connectivity index (χ2n) is 5.96. The van der Waals surface area contributed by atoms with Gasteiger partial charge in [0, 0.05) is 13.1 Å². The highest BCUT2D eigenvalue weighted by Gasteiger charge is 2.20. The first-order valence-corrected chi connectivity index (χ1v) is 8.51. The number of H-pyrrole nitrogens is 1. The van der Waals surface area contributed by atoms with Crippen LogP contribution < -0.4 is 10.6 Å². The molecule has 2 aromatic rings. The summed E-state index contributed by atoms with van der Waals surface area (Å²) in [7, 11) is 0. The van der Waals surface area contributed by atoms with Gasteiger partial charge in [-0.1, -0.05) is 13.3 Å². The highest BCUT2D eigenvalue weighted by Crippen LogP contribution is 2.19. The Morgan fingerprint density at radius 1 is 1.48 bits per heavy atom. The molecule has 7 nitrogen and oxygen atoms in total. The van der Waals surface area contributed by atoms with E-state index in [0.29, 0.717) is 31.0 Å². The number of morpholine rings is 1. The fraction of sp³-hybridized carbons (Fsp3) is 0.471. The summed E-state index contributed by atoms with van der Waals surface area (Å²) in [5.41, 5.74) is 1.41. The Morgan fingerprint density at radius 2 is 2.36 bits per heavy atom. The third-order valence-electron chi connectivity index (χ3n) is 4.07. The molecule has 25 heavy (non-hydrogen) atoms. The highest BCUT2D eigenvalue weighted by atomic mass is 19.1. The van der Waals surface area contributed by atoms with Gasteiger partial charge in [-0.05, 0) is 25.0 Å². The van der Waals surface area contributed by atoms with E-state index >= 15 is 0 Å². The van der Waals surface area contributed by atoms with Crippen LogP contribution in [0, 0.1) is 5.82 Å². The maximum atomic E-state index is 14.2. The Bertz CT molecular complexity index is 710. The van der Waals surface area contributed by atoms with Crippen molar-refractivity contribution in [2.24, 2.45) is 0 Å². The normalized spacial score (nSPS) is 17.4. The SMILES string of the molecule is CCCCc1[nH]nc(C(=O)Nc2ccc([C@@H]3CNCCO3)nc2)c1F. The lowest BCUT2D eigenvalue weighted by atomic mass is 10.2. The number of nitrogens with one attached hydrogen (secondary N) is 3. The first-order valence-electron chi connectivity index (χ1n) is 8.51. The minimum Gasteiger partial charge on any atom is -0.369 e. The second-order valence-corrected chi connectivity index (χ2v) is 5.96. The van der Waals surface area contributed by atoms with E-state index in [1.807, 2.05) is 6.92 Å². The number of aromatic amines is 1. The molecular formula is C17H22FN5O2. The topological polar surface area (TPSA) is 91.9 Å². The second kappa shape index (κ2) is 8.17. The number of carbonyl (C=O) groups is 1. The maximum Gasteiger partial charge on any atom is 0.279 e. The summed E-state index contributed by atoms with van der Waals surface area (Å²) in [6.45, 7) is 4.20. The summed E-state index contributed by atoms with van der Waals surface area (Å²) in [6.07, 6.45) is 3.76. The molecule has 0 bridgehead atoms. The number of aromatic nitrogens is 3. The van der Waals surface area contributed by atoms with Crippen LogP contribution in [0.3, 0.4) is 0 Å². The van der Waals surface area contributed by atoms with Gasteiger partial charge in [0.25, 0.3) is 5.91 Å². The number of hydrogen-bond donors (Lipinski definition) is 3. The van der Waals surface area contributed by atoms with Gasteiger partial charge in [0.1, 0.15) is 6.10 Å². The number of halogens is 1. The fourth-order valence-corrected chi connectivity index (χ4v) is 2.65. The number of unbranched alkanes of at least 4 members (excludes halogenated alkanes) is 1. The number of ether oxygens (including phenoxy) is 1. The van der Waals surface area contributed by atoms with E-state index in [1.54, 1.807) is 12.1 Å². The maximum absolute atomic E-state index is 14.2. The molecule has 1 amide bonds. The van der Waals surface area contributed by atoms with Crippen molar-refractivity contribution in [1.29, 1.82) is 0 Å². The van der Waals surface area contributed by atoms with Crippen molar-refractivity contribution < 1.29 is 13.9 Å². The smallest absolute Gasteiger partial charge is 0.279 e. The number of rotatable bonds is 6. The van der Waals surface area contributed by atoms with Crippen molar-refractivity contribution in [2.45, 2.75) is 32.3 Å². The largest absolute Gasteiger partial charge is 0.369 e. The van der Waals surface area contributed by atoms with E-state index in [2.05, 4.69) is 25.8 Å². The Labute approximate surface area is 145 Å². The van der Waals surface area contributed by atoms with E-state index < -0.39 is 11.7 Å². The molecule has 1 saturated heterocycles. The molecule has 3 heterocycles. The Kier molecular flexibility index (Phi) is 5.72. The summed E-state index contributed by atoms with van der Waals surface area (Å²) >= 11 is 0. The molecular weight excluding hydrogens is 325 g/mol. The summed E-state index contributed by atoms with van der Waals surface area (Å²) in [6, 6.07) is 3.52. The Balaban J connectivity index is 1.63. The van der Waals surface area contributed by atoms with Crippen LogP contribution in [0.4, 0.5) is 10.1 Å². The number of amides is 1. The molecule has 1 aliphatic heterocycles. The van der Waals surface area contributed by atoms with E-state index in [0.717, 1.165) is 25.1 Å². The standard InChI is InChI=1S/C17H22FN5O2/c1-2-3-4-13-15(18)16(23-22-13)17(24)21-11-5-6-12(20-9-11)14-10-19-7-8-25-14/h5-6,9,14,19H,2-4,7-8,10H2,1H3,(H,21,24)(H,22,23)/t14-/m0/s1. The number of anilines is 1. The lowest BCUT2D eigenvalue weighted by Crippen LogP contribution is -2.33. The molecule has 0 radical (unpaired) electrons. The minimum absolute atomic E-state index is 0.0941. The molecule has 1 atom stereocenters. The number of hydrogen-bond acceptors (Lipinski definition) is 5. The van der Waals surface area contributed by atoms with Crippen molar-refractivity contribution in [3.05, 3.63) is 41.2 Å². The molecule has 0 unspecified atom stereocenters. The van der Waals surface area contributed by atoms with Crippen LogP contribution >= 0.6 is 0 Å². The Morgan fingerprint density at radius 3 is 3.04 bits per heavy atom. The molecule has 1 fully saturated rings. The number of pyridine rings is 1. The highest BCUT2D eigenvalue weighted by molar-refractivity contribution is 6.03. The van der Waals surface area contributed by atoms with Gasteiger partial charge in [0.2, 0.25) is 0 Å². The molecule has 0 aliphatic carbocycles. The number of nitrogens with zero attached hydrogens (tertiary/aromatic N) is 2. The average molecular weight is 347 g/mol. The van der Waals surface area contributed by atoms with Crippen LogP contribution in [-0.4, -0.2) is 40.8 Å². The number of carbonyl (C=O) groups excluding carboxylic acids is 1. The molecule has 0 spiro atoms. The van der Waals surface area contributed by atoms with Crippen LogP contribution in [0.25, 0.3) is 0 Å². The molecule has 3 N–H and O–H groups in total. The van der Waals surface area contributed by atoms with Gasteiger partial charge in [-0.2, -0.15) is 5.10 Å². The molecule has 3 rings (SSSR count). The van der Waals surface area contributed by atoms with Crippen molar-refractivity contribution in [3.8, 4) is 0 Å². The van der Waals surface area contributed by atoms with Crippen LogP contribution in [0.1, 0.15) is 47.7 Å². The predicted octanol–water partition coefficient (Wildman–Crippen LogP) is 2.20. The van der Waals surface area contributed by atoms with Gasteiger partial charge >= 0.3 is 0 Å². The van der Waals surface area contributed by atoms with Gasteiger partial charge in [0.05, 0.1) is 29.9 Å². The lowest BCUT2D eigenvalue weighted by molar-refractivity contribution is 0.0250. The predicted molar refractivity (Wildman–Crippen MR) is 90.9 cm³/mol. The van der Waals surface area contributed by atoms with Crippen LogP contribution in [0.15, 0.2) is 18.3 Å². The summed E-state index contributed by atoms with van der Waals surface area (Å²) in [5, 5.41) is 12.3. The Hall–Kier alpha value is -2.32. The third-order valence-corrected chi connectivity index (χ3v) is 4.07. The van der Waals surface area contributed by atoms with Crippen molar-refractivity contribution >= 4 is 11.6 Å². The third kappa shape index (κ3) is 4.21. The van der Waals surface area contributed by atoms with E-state index in [1.165, 1.54) is 6.20 Å². The van der Waals surface area contributed by atoms with Gasteiger partial charge < -0.3 is 15.4 Å². The quantitative estimate of drug-likeness (QED) is 0.745. The first kappa shape index (κ1) is 17.5. The summed E-state index contributed by atoms with van der Waals surface area (Å²) in [4.78, 5) is 16.5. The fourth-order valence-electron chi connectivity index (χ4n) is 2.65. The van der Waals surface area contributed by atoms with Gasteiger partial charge in [-0.25, -0.2) is 4.39 Å². The summed E-state index contributed by atoms with van der Waals surface area (Å²) < 4.78 is 19.9. The van der Waals surface area contributed by atoms with Gasteiger partial charge in [0.15, 0.2) is 11.5 Å². The molecule has 0 saturated carbocycles. The monoisotopic (exact) mass is 347 g/mol. The summed E-state index contributed by atoms with van der Waals surface area (Å²) in [5.74, 6) is -1.18. The zero-order chi connectivity index (χ0) is 17.6. The first-order chi connectivity index (χ1) is 12.2. The van der Waals surface area contributed by atoms with Crippen LogP contribution in [0.2, 0.25) is 0 Å². The van der Waals surface area contributed by atoms with E-state index in [4.69, 9.17) is 4.74 Å². The zero-order valence-electron chi connectivity index (χ0n) is 14.1. The van der Waals surface area contributed by atoms with E-state index in [-0.39, 0.29) is 11.8 Å². The van der Waals surface area contributed by atoms with Crippen molar-refractivity contribution in [3.63, 3.8) is 0 Å². The van der Waals surface area contributed by atoms with Crippen LogP contribution in [-0.2, 0) is 11.2 Å². The molecule has 1 aliphatic rings. The molecule has 8 heteroatoms. The van der Waals surface area contributed by atoms with Crippen LogP contribution in [0.5, 0.6) is 0 Å². The average Bonchev–Trinajstić information content (AvgIpc) is 3.02. The molecule has 134 valence electrons. The molecule has 0 aromatic carbocycles. The van der Waals surface area contributed by atoms with Crippen molar-refractivity contribution in [2.75, 3.05) is 25.0 Å². The van der Waals surface area contributed by atoms with Gasteiger partial charge in [-0.3, -0.25) is 14.9 Å². The minimum atomic E-state index is -0.596.